The van der Waals surface area contributed by atoms with Gasteiger partial charge in [-0.05, 0) is 48.4 Å². The van der Waals surface area contributed by atoms with Crippen LogP contribution in [0.1, 0.15) is 18.9 Å². The van der Waals surface area contributed by atoms with Crippen molar-refractivity contribution in [3.8, 4) is 11.5 Å². The Hall–Kier alpha value is -4.13. The molecule has 0 bridgehead atoms. The van der Waals surface area contributed by atoms with E-state index in [1.165, 1.54) is 25.3 Å². The van der Waals surface area contributed by atoms with Crippen LogP contribution >= 0.6 is 0 Å². The van der Waals surface area contributed by atoms with Gasteiger partial charge in [-0.15, -0.1) is 0 Å². The number of nitrogens with one attached hydrogen (secondary N) is 1. The number of hydrogen-bond donors (Lipinski definition) is 1. The molecule has 0 atom stereocenters. The number of benzene rings is 3. The van der Waals surface area contributed by atoms with Gasteiger partial charge >= 0.3 is 0 Å². The second-order valence-electron chi connectivity index (χ2n) is 7.38. The summed E-state index contributed by atoms with van der Waals surface area (Å²) in [6, 6.07) is 19.6. The van der Waals surface area contributed by atoms with Crippen molar-refractivity contribution in [3.63, 3.8) is 0 Å². The van der Waals surface area contributed by atoms with Crippen LogP contribution in [-0.4, -0.2) is 25.5 Å². The Morgan fingerprint density at radius 2 is 1.67 bits per heavy atom. The molecule has 0 saturated heterocycles. The number of nitrogens with zero attached hydrogens (tertiary/aromatic N) is 1. The van der Waals surface area contributed by atoms with E-state index in [2.05, 4.69) is 5.32 Å². The molecule has 0 radical (unpaired) electrons. The highest BCUT2D eigenvalue weighted by Crippen LogP contribution is 2.35. The second-order valence-corrected chi connectivity index (χ2v) is 7.38. The standard InChI is InChI=1S/C26H23FN2O4/c1-3-15-33-19-13-11-17(12-14-19)23-24(28-18-7-6-8-20(16-18)32-2)26(31)29(25(23)30)22-10-5-4-9-21(22)27/h4-14,16,28H,3,15H2,1-2H3. The summed E-state index contributed by atoms with van der Waals surface area (Å²) in [4.78, 5) is 27.7. The Bertz CT molecular complexity index is 1220. The van der Waals surface area contributed by atoms with Crippen LogP contribution in [0.4, 0.5) is 15.8 Å². The van der Waals surface area contributed by atoms with Gasteiger partial charge in [0.05, 0.1) is 25.0 Å². The van der Waals surface area contributed by atoms with Crippen molar-refractivity contribution in [2.75, 3.05) is 23.9 Å². The van der Waals surface area contributed by atoms with Crippen molar-refractivity contribution in [2.24, 2.45) is 0 Å². The minimum atomic E-state index is -0.663. The largest absolute Gasteiger partial charge is 0.497 e. The van der Waals surface area contributed by atoms with Crippen LogP contribution in [0.3, 0.4) is 0 Å². The molecule has 1 N–H and O–H groups in total. The number of hydrogen-bond acceptors (Lipinski definition) is 5. The maximum Gasteiger partial charge on any atom is 0.282 e. The first-order valence-electron chi connectivity index (χ1n) is 10.6. The van der Waals surface area contributed by atoms with E-state index in [0.29, 0.717) is 29.4 Å². The highest BCUT2D eigenvalue weighted by Gasteiger charge is 2.41. The SMILES string of the molecule is CCCOc1ccc(C2=C(Nc3cccc(OC)c3)C(=O)N(c3ccccc3F)C2=O)cc1. The van der Waals surface area contributed by atoms with E-state index in [9.17, 15) is 14.0 Å². The zero-order valence-corrected chi connectivity index (χ0v) is 18.3. The third kappa shape index (κ3) is 4.43. The average Bonchev–Trinajstić information content (AvgIpc) is 3.07. The predicted octanol–water partition coefficient (Wildman–Crippen LogP) is 5.02. The first-order chi connectivity index (χ1) is 16.0. The van der Waals surface area contributed by atoms with Gasteiger partial charge in [-0.3, -0.25) is 9.59 Å². The third-order valence-electron chi connectivity index (χ3n) is 5.13. The Labute approximate surface area is 191 Å². The monoisotopic (exact) mass is 446 g/mol. The molecule has 7 heteroatoms. The Morgan fingerprint density at radius 1 is 0.909 bits per heavy atom. The van der Waals surface area contributed by atoms with Gasteiger partial charge in [0.1, 0.15) is 23.0 Å². The van der Waals surface area contributed by atoms with Crippen molar-refractivity contribution in [3.05, 3.63) is 89.9 Å². The number of amides is 2. The highest BCUT2D eigenvalue weighted by molar-refractivity contribution is 6.46. The van der Waals surface area contributed by atoms with Gasteiger partial charge in [-0.1, -0.05) is 37.3 Å². The fourth-order valence-electron chi connectivity index (χ4n) is 3.55. The number of imide groups is 1. The molecule has 1 aliphatic heterocycles. The summed E-state index contributed by atoms with van der Waals surface area (Å²) >= 11 is 0. The predicted molar refractivity (Wildman–Crippen MR) is 125 cm³/mol. The van der Waals surface area contributed by atoms with Crippen molar-refractivity contribution in [1.29, 1.82) is 0 Å². The molecule has 0 fully saturated rings. The summed E-state index contributed by atoms with van der Waals surface area (Å²) in [5.41, 5.74) is 1.17. The van der Waals surface area contributed by atoms with Crippen LogP contribution in [0.2, 0.25) is 0 Å². The summed E-state index contributed by atoms with van der Waals surface area (Å²) in [7, 11) is 1.54. The fourth-order valence-corrected chi connectivity index (χ4v) is 3.55. The molecule has 2 amide bonds. The quantitative estimate of drug-likeness (QED) is 0.492. The third-order valence-corrected chi connectivity index (χ3v) is 5.13. The summed E-state index contributed by atoms with van der Waals surface area (Å²) in [6.45, 7) is 2.58. The van der Waals surface area contributed by atoms with Gasteiger partial charge in [0, 0.05) is 11.8 Å². The first kappa shape index (κ1) is 22.1. The van der Waals surface area contributed by atoms with Gasteiger partial charge in [0.15, 0.2) is 0 Å². The minimum Gasteiger partial charge on any atom is -0.497 e. The molecular formula is C26H23FN2O4. The van der Waals surface area contributed by atoms with Crippen molar-refractivity contribution in [1.82, 2.24) is 0 Å². The minimum absolute atomic E-state index is 0.0544. The molecule has 33 heavy (non-hydrogen) atoms. The van der Waals surface area contributed by atoms with Gasteiger partial charge in [-0.2, -0.15) is 0 Å². The summed E-state index contributed by atoms with van der Waals surface area (Å²) in [5.74, 6) is -0.676. The van der Waals surface area contributed by atoms with Crippen LogP contribution < -0.4 is 19.7 Å². The van der Waals surface area contributed by atoms with Crippen molar-refractivity contribution >= 4 is 28.8 Å². The van der Waals surface area contributed by atoms with Gasteiger partial charge < -0.3 is 14.8 Å². The van der Waals surface area contributed by atoms with E-state index < -0.39 is 17.6 Å². The van der Waals surface area contributed by atoms with Crippen molar-refractivity contribution < 1.29 is 23.5 Å². The molecule has 3 aromatic carbocycles. The molecule has 0 saturated carbocycles. The number of ether oxygens (including phenoxy) is 2. The van der Waals surface area contributed by atoms with E-state index in [4.69, 9.17) is 9.47 Å². The van der Waals surface area contributed by atoms with Gasteiger partial charge in [0.2, 0.25) is 0 Å². The number of carbonyl (C=O) groups is 2. The molecular weight excluding hydrogens is 423 g/mol. The summed E-state index contributed by atoms with van der Waals surface area (Å²) in [6.07, 6.45) is 0.867. The molecule has 4 rings (SSSR count). The second kappa shape index (κ2) is 9.56. The molecule has 1 aliphatic rings. The number of halogens is 1. The lowest BCUT2D eigenvalue weighted by molar-refractivity contribution is -0.120. The molecule has 168 valence electrons. The summed E-state index contributed by atoms with van der Waals surface area (Å²) in [5, 5.41) is 3.05. The molecule has 0 spiro atoms. The van der Waals surface area contributed by atoms with Crippen LogP contribution in [0.25, 0.3) is 5.57 Å². The topological polar surface area (TPSA) is 67.9 Å². The molecule has 0 aliphatic carbocycles. The normalized spacial score (nSPS) is 13.5. The lowest BCUT2D eigenvalue weighted by atomic mass is 10.0. The van der Waals surface area contributed by atoms with Gasteiger partial charge in [-0.25, -0.2) is 9.29 Å². The Balaban J connectivity index is 1.78. The highest BCUT2D eigenvalue weighted by atomic mass is 19.1. The van der Waals surface area contributed by atoms with Crippen LogP contribution in [-0.2, 0) is 9.59 Å². The lowest BCUT2D eigenvalue weighted by Gasteiger charge is -2.16. The Kier molecular flexibility index (Phi) is 6.40. The van der Waals surface area contributed by atoms with Crippen LogP contribution in [0, 0.1) is 5.82 Å². The maximum absolute atomic E-state index is 14.5. The first-order valence-corrected chi connectivity index (χ1v) is 10.6. The molecule has 3 aromatic rings. The van der Waals surface area contributed by atoms with Gasteiger partial charge in [0.25, 0.3) is 11.8 Å². The van der Waals surface area contributed by atoms with E-state index in [0.717, 1.165) is 11.3 Å². The maximum atomic E-state index is 14.5. The molecule has 1 heterocycles. The number of methoxy groups -OCH3 is 1. The molecule has 0 aromatic heterocycles. The van der Waals surface area contributed by atoms with E-state index in [-0.39, 0.29) is 17.0 Å². The Morgan fingerprint density at radius 3 is 2.36 bits per heavy atom. The van der Waals surface area contributed by atoms with E-state index in [1.807, 2.05) is 6.92 Å². The van der Waals surface area contributed by atoms with E-state index in [1.54, 1.807) is 54.6 Å². The lowest BCUT2D eigenvalue weighted by Crippen LogP contribution is -2.33. The van der Waals surface area contributed by atoms with Crippen LogP contribution in [0.15, 0.2) is 78.5 Å². The fraction of sp³-hybridized carbons (Fsp3) is 0.154. The number of rotatable bonds is 8. The molecule has 6 nitrogen and oxygen atoms in total. The zero-order chi connectivity index (χ0) is 23.4. The smallest absolute Gasteiger partial charge is 0.282 e. The summed E-state index contributed by atoms with van der Waals surface area (Å²) < 4.78 is 25.4. The number of anilines is 2. The zero-order valence-electron chi connectivity index (χ0n) is 18.3. The van der Waals surface area contributed by atoms with Crippen molar-refractivity contribution in [2.45, 2.75) is 13.3 Å². The molecule has 0 unspecified atom stereocenters. The number of carbonyl (C=O) groups excluding carboxylic acids is 2. The average molecular weight is 446 g/mol. The number of para-hydroxylation sites is 1. The van der Waals surface area contributed by atoms with E-state index >= 15 is 0 Å². The van der Waals surface area contributed by atoms with Crippen LogP contribution in [0.5, 0.6) is 11.5 Å².